The van der Waals surface area contributed by atoms with Gasteiger partial charge in [-0.15, -0.1) is 0 Å². The highest BCUT2D eigenvalue weighted by atomic mass is 16.2. The van der Waals surface area contributed by atoms with E-state index in [1.54, 1.807) is 61.7 Å². The molecule has 30 nitrogen and oxygen atoms in total. The minimum Gasteiger partial charge on any atom is -0.382 e. The lowest BCUT2D eigenvalue weighted by Crippen LogP contribution is -2.14. The molecule has 0 spiro atoms. The van der Waals surface area contributed by atoms with Crippen LogP contribution in [0.5, 0.6) is 0 Å². The van der Waals surface area contributed by atoms with E-state index in [9.17, 15) is 9.59 Å². The van der Waals surface area contributed by atoms with Gasteiger partial charge in [-0.1, -0.05) is 146 Å². The molecule has 0 saturated carbocycles. The second kappa shape index (κ2) is 40.2. The summed E-state index contributed by atoms with van der Waals surface area (Å²) in [6.07, 6.45) is 29.2. The molecule has 0 fully saturated rings. The van der Waals surface area contributed by atoms with Crippen LogP contribution in [0.1, 0.15) is 35.3 Å². The van der Waals surface area contributed by atoms with E-state index >= 15 is 0 Å². The molecule has 710 valence electrons. The highest BCUT2D eigenvalue weighted by Crippen LogP contribution is 2.41. The van der Waals surface area contributed by atoms with Crippen LogP contribution in [0.2, 0.25) is 0 Å². The molecule has 0 radical (unpaired) electrons. The van der Waals surface area contributed by atoms with Crippen LogP contribution in [0.3, 0.4) is 0 Å². The van der Waals surface area contributed by atoms with Gasteiger partial charge in [-0.2, -0.15) is 20.4 Å². The third-order valence-corrected chi connectivity index (χ3v) is 25.2. The molecule has 0 aliphatic heterocycles. The highest BCUT2D eigenvalue weighted by Gasteiger charge is 2.24. The predicted molar refractivity (Wildman–Crippen MR) is 580 cm³/mol. The molecule has 0 unspecified atom stereocenters. The van der Waals surface area contributed by atoms with Gasteiger partial charge in [0, 0.05) is 193 Å². The smallest absolute Gasteiger partial charge is 0.255 e. The Kier molecular flexibility index (Phi) is 24.8. The molecule has 16 heterocycles. The van der Waals surface area contributed by atoms with Gasteiger partial charge in [-0.25, -0.2) is 19.9 Å². The number of rotatable bonds is 21. The van der Waals surface area contributed by atoms with Crippen LogP contribution in [0.4, 0.5) is 17.1 Å². The van der Waals surface area contributed by atoms with Crippen molar-refractivity contribution in [3.05, 3.63) is 395 Å². The molecule has 0 atom stereocenters. The fourth-order valence-electron chi connectivity index (χ4n) is 18.3. The van der Waals surface area contributed by atoms with E-state index in [1.807, 2.05) is 250 Å². The van der Waals surface area contributed by atoms with Crippen LogP contribution in [0.25, 0.3) is 223 Å². The number of anilines is 3. The Morgan fingerprint density at radius 1 is 0.286 bits per heavy atom. The second-order valence-electron chi connectivity index (χ2n) is 36.0. The summed E-state index contributed by atoms with van der Waals surface area (Å²) < 4.78 is 0. The first-order valence-corrected chi connectivity index (χ1v) is 47.7. The Hall–Kier alpha value is -20.1. The maximum atomic E-state index is 12.6. The van der Waals surface area contributed by atoms with Crippen LogP contribution >= 0.6 is 0 Å². The summed E-state index contributed by atoms with van der Waals surface area (Å²) in [4.78, 5) is 95.6. The number of fused-ring (bicyclic) bond motifs is 8. The van der Waals surface area contributed by atoms with E-state index < -0.39 is 0 Å². The Labute approximate surface area is 839 Å². The second-order valence-corrected chi connectivity index (χ2v) is 36.0. The Morgan fingerprint density at radius 2 is 0.612 bits per heavy atom. The number of carbonyl (C=O) groups is 2. The fraction of sp³-hybridized carbons (Fsp3) is 0.0598. The highest BCUT2D eigenvalue weighted by molar-refractivity contribution is 6.07. The zero-order valence-corrected chi connectivity index (χ0v) is 79.7. The van der Waals surface area contributed by atoms with Crippen LogP contribution in [0, 0.1) is 0 Å². The number of nitrogens with one attached hydrogen (secondary N) is 11. The zero-order chi connectivity index (χ0) is 99.2. The van der Waals surface area contributed by atoms with E-state index in [4.69, 9.17) is 19.9 Å². The SMILES string of the molecule is CC(C)Nc1cncc(-c2ccc3[nH]nc(-c4nc5c(-c6cccnc6)cccc5[nH]4)c3c2)c1.CN(C)Cc1cncc(-c2ccc3[nH]nc(-c4nc5c(-c6cccnc6)cccc5[nH]4)c3c2)c1.O=C(Cc1ccccc1)Nc1cncc(-c2ccc3[nH]nc(-c4nc5c(-c6cccnc6)cccc5[nH]4)c3c2)c1.O=C(Nc1cncc(-c2ccc3[nH]nc(-c4nc5c(-c6cccnc6)cccc5[nH]4)c3c2)c1)c1ccccc1. The van der Waals surface area contributed by atoms with E-state index in [0.29, 0.717) is 41.0 Å². The summed E-state index contributed by atoms with van der Waals surface area (Å²) in [5.74, 6) is 2.53. The number of pyridine rings is 8. The first-order chi connectivity index (χ1) is 72.2. The quantitative estimate of drug-likeness (QED) is 0.0318. The van der Waals surface area contributed by atoms with Crippen LogP contribution < -0.4 is 16.0 Å². The molecule has 0 aliphatic carbocycles. The molecule has 16 aromatic heterocycles. The zero-order valence-electron chi connectivity index (χ0n) is 79.7. The number of hydrogen-bond acceptors (Lipinski definition) is 20. The molecule has 30 heteroatoms. The average Bonchev–Trinajstić information content (AvgIpc) is 1.63. The van der Waals surface area contributed by atoms with E-state index in [0.717, 1.165) is 229 Å². The minimum atomic E-state index is -0.183. The van der Waals surface area contributed by atoms with Gasteiger partial charge < -0.3 is 40.8 Å². The van der Waals surface area contributed by atoms with Crippen molar-refractivity contribution in [2.24, 2.45) is 0 Å². The summed E-state index contributed by atoms with van der Waals surface area (Å²) in [7, 11) is 4.12. The standard InChI is InChI=1S/C32H23N7O.C31H21N7O.2C27H23N7/c40-29(14-20-6-2-1-3-7-20)35-24-15-23(18-34-19-24)21-11-12-27-26(16-21)31(39-38-27)32-36-28-10-4-9-25(30(28)37-32)22-8-5-13-33-17-22;39-31(19-6-2-1-3-7-19)34-23-14-22(17-33-18-23)20-11-12-26-25(15-20)29(38-37-26)30-35-27-10-4-9-24(28(27)36-30)21-8-5-13-32-16-21;1-34(2)16-17-11-20(15-29-13-17)18-8-9-23-22(12-18)26(33-32-23)27-30-24-7-3-6-21(25(24)31-27)19-5-4-10-28-14-19;1-16(2)30-20-11-19(14-29-15-20)17-8-9-23-22(12-17)26(34-33-23)27-31-24-7-3-6-21(25(24)32-27)18-5-4-10-28-13-18/h1-13,15-19H,14H2,(H,35,40)(H,36,37)(H,38,39);1-18H,(H,34,39)(H,35,36)(H,37,38);3-15H,16H2,1-2H3,(H,30,31)(H,32,33);3-16,30H,1-2H3,(H,31,32)(H,33,34). The number of H-pyrrole nitrogens is 8. The van der Waals surface area contributed by atoms with Gasteiger partial charge >= 0.3 is 0 Å². The van der Waals surface area contributed by atoms with Gasteiger partial charge in [0.15, 0.2) is 23.3 Å². The minimum absolute atomic E-state index is 0.0896. The predicted octanol–water partition coefficient (Wildman–Crippen LogP) is 24.2. The number of nitrogens with zero attached hydrogens (tertiary/aromatic N) is 17. The van der Waals surface area contributed by atoms with E-state index in [2.05, 4.69) is 216 Å². The third kappa shape index (κ3) is 19.4. The number of amides is 2. The van der Waals surface area contributed by atoms with Crippen molar-refractivity contribution in [2.75, 3.05) is 30.0 Å². The maximum absolute atomic E-state index is 12.6. The number of para-hydroxylation sites is 4. The first-order valence-electron chi connectivity index (χ1n) is 47.7. The molecule has 10 aromatic carbocycles. The molecule has 11 N–H and O–H groups in total. The molecule has 26 aromatic rings. The summed E-state index contributed by atoms with van der Waals surface area (Å²) >= 11 is 0. The normalized spacial score (nSPS) is 11.4. The summed E-state index contributed by atoms with van der Waals surface area (Å²) in [5, 5.41) is 44.1. The maximum Gasteiger partial charge on any atom is 0.255 e. The fourth-order valence-corrected chi connectivity index (χ4v) is 18.3. The summed E-state index contributed by atoms with van der Waals surface area (Å²) in [6.45, 7) is 5.07. The van der Waals surface area contributed by atoms with Gasteiger partial charge in [-0.3, -0.25) is 69.9 Å². The van der Waals surface area contributed by atoms with Crippen molar-refractivity contribution in [2.45, 2.75) is 32.9 Å². The average molecular weight is 1920 g/mol. The lowest BCUT2D eigenvalue weighted by molar-refractivity contribution is -0.115. The lowest BCUT2D eigenvalue weighted by Gasteiger charge is -2.11. The molecular weight excluding hydrogens is 1830 g/mol. The number of hydrogen-bond donors (Lipinski definition) is 11. The van der Waals surface area contributed by atoms with Crippen LogP contribution in [-0.4, -0.2) is 157 Å². The Balaban J connectivity index is 0.000000108. The number of aromatic nitrogens is 24. The van der Waals surface area contributed by atoms with Crippen LogP contribution in [0.15, 0.2) is 378 Å². The summed E-state index contributed by atoms with van der Waals surface area (Å²) in [5.41, 5.74) is 35.1. The van der Waals surface area contributed by atoms with Crippen molar-refractivity contribution in [1.29, 1.82) is 0 Å². The number of aromatic amines is 8. The molecule has 0 saturated heterocycles. The van der Waals surface area contributed by atoms with Gasteiger partial charge in [0.25, 0.3) is 5.91 Å². The van der Waals surface area contributed by atoms with Crippen molar-refractivity contribution in [3.63, 3.8) is 0 Å². The van der Waals surface area contributed by atoms with Crippen molar-refractivity contribution in [3.8, 4) is 135 Å². The largest absolute Gasteiger partial charge is 0.382 e. The van der Waals surface area contributed by atoms with Gasteiger partial charge in [-0.05, 0) is 195 Å². The third-order valence-electron chi connectivity index (χ3n) is 25.2. The molecule has 26 rings (SSSR count). The summed E-state index contributed by atoms with van der Waals surface area (Å²) in [6, 6.07) is 92.2. The van der Waals surface area contributed by atoms with Crippen molar-refractivity contribution < 1.29 is 9.59 Å². The Bertz CT molecular complexity index is 9050. The van der Waals surface area contributed by atoms with E-state index in [1.165, 1.54) is 5.56 Å². The molecule has 0 bridgehead atoms. The number of imidazole rings is 4. The Morgan fingerprint density at radius 3 is 0.959 bits per heavy atom. The number of carbonyl (C=O) groups excluding carboxylic acids is 2. The molecule has 0 aliphatic rings. The molecule has 2 amide bonds. The molecule has 147 heavy (non-hydrogen) atoms. The first kappa shape index (κ1) is 90.7. The topological polar surface area (TPSA) is 406 Å². The van der Waals surface area contributed by atoms with Gasteiger partial charge in [0.05, 0.1) is 102 Å². The van der Waals surface area contributed by atoms with Crippen molar-refractivity contribution in [1.82, 2.24) is 125 Å². The van der Waals surface area contributed by atoms with E-state index in [-0.39, 0.29) is 11.8 Å². The number of benzene rings is 10. The van der Waals surface area contributed by atoms with Crippen LogP contribution in [-0.2, 0) is 17.8 Å². The van der Waals surface area contributed by atoms with Gasteiger partial charge in [0.2, 0.25) is 5.91 Å². The van der Waals surface area contributed by atoms with Crippen molar-refractivity contribution >= 4 is 117 Å². The monoisotopic (exact) mass is 1920 g/mol. The molecular formula is C117H90N28O2. The lowest BCUT2D eigenvalue weighted by atomic mass is 10.0. The van der Waals surface area contributed by atoms with Gasteiger partial charge in [0.1, 0.15) is 22.8 Å².